The molecule has 21 heavy (non-hydrogen) atoms. The molecule has 0 aliphatic rings. The molecule has 0 saturated heterocycles. The maximum Gasteiger partial charge on any atom is 0.0583 e. The van der Waals surface area contributed by atoms with E-state index in [9.17, 15) is 0 Å². The molecule has 0 bridgehead atoms. The van der Waals surface area contributed by atoms with Gasteiger partial charge in [-0.15, -0.1) is 0 Å². The van der Waals surface area contributed by atoms with Gasteiger partial charge in [-0.05, 0) is 67.1 Å². The van der Waals surface area contributed by atoms with Gasteiger partial charge in [0.15, 0.2) is 0 Å². The summed E-state index contributed by atoms with van der Waals surface area (Å²) < 4.78 is 0. The van der Waals surface area contributed by atoms with Gasteiger partial charge < -0.3 is 5.32 Å². The van der Waals surface area contributed by atoms with Crippen LogP contribution in [-0.4, -0.2) is 11.5 Å². The largest absolute Gasteiger partial charge is 0.306 e. The zero-order valence-corrected chi connectivity index (χ0v) is 13.6. The summed E-state index contributed by atoms with van der Waals surface area (Å²) in [4.78, 5) is 4.28. The smallest absolute Gasteiger partial charge is 0.0583 e. The van der Waals surface area contributed by atoms with Gasteiger partial charge in [-0.3, -0.25) is 4.98 Å². The van der Waals surface area contributed by atoms with Gasteiger partial charge in [0.05, 0.1) is 6.04 Å². The van der Waals surface area contributed by atoms with E-state index in [1.807, 2.05) is 12.4 Å². The molecule has 0 aliphatic carbocycles. The van der Waals surface area contributed by atoms with Gasteiger partial charge in [-0.2, -0.15) is 0 Å². The Hall–Kier alpha value is -1.67. The molecule has 2 rings (SSSR count). The maximum atomic E-state index is 4.28. The Morgan fingerprint density at radius 1 is 1.10 bits per heavy atom. The van der Waals surface area contributed by atoms with Crippen LogP contribution < -0.4 is 5.32 Å². The predicted molar refractivity (Wildman–Crippen MR) is 89.7 cm³/mol. The minimum atomic E-state index is 0.253. The minimum absolute atomic E-state index is 0.253. The Bertz CT molecular complexity index is 590. The number of aryl methyl sites for hydroxylation is 2. The lowest BCUT2D eigenvalue weighted by atomic mass is 9.90. The molecule has 0 aliphatic heterocycles. The van der Waals surface area contributed by atoms with Crippen molar-refractivity contribution >= 4 is 0 Å². The molecule has 2 nitrogen and oxygen atoms in total. The van der Waals surface area contributed by atoms with E-state index < -0.39 is 0 Å². The average Bonchev–Trinajstić information content (AvgIpc) is 2.52. The molecule has 1 aromatic heterocycles. The van der Waals surface area contributed by atoms with Crippen LogP contribution in [0.25, 0.3) is 0 Å². The Balaban J connectivity index is 2.50. The van der Waals surface area contributed by atoms with Crippen molar-refractivity contribution < 1.29 is 0 Å². The van der Waals surface area contributed by atoms with Gasteiger partial charge in [0.25, 0.3) is 0 Å². The number of benzene rings is 1. The first-order valence-corrected chi connectivity index (χ1v) is 7.91. The van der Waals surface area contributed by atoms with E-state index in [0.717, 1.165) is 19.4 Å². The summed E-state index contributed by atoms with van der Waals surface area (Å²) in [6.45, 7) is 9.82. The lowest BCUT2D eigenvalue weighted by molar-refractivity contribution is 0.591. The van der Waals surface area contributed by atoms with Crippen molar-refractivity contribution in [1.29, 1.82) is 0 Å². The molecule has 1 aromatic carbocycles. The molecule has 1 unspecified atom stereocenters. The second-order valence-corrected chi connectivity index (χ2v) is 5.60. The van der Waals surface area contributed by atoms with Crippen molar-refractivity contribution in [3.05, 3.63) is 64.5 Å². The molecular weight excluding hydrogens is 256 g/mol. The van der Waals surface area contributed by atoms with Crippen molar-refractivity contribution in [2.75, 3.05) is 6.54 Å². The van der Waals surface area contributed by atoms with Gasteiger partial charge >= 0.3 is 0 Å². The molecule has 1 atom stereocenters. The van der Waals surface area contributed by atoms with E-state index >= 15 is 0 Å². The zero-order valence-electron chi connectivity index (χ0n) is 13.6. The Labute approximate surface area is 128 Å². The van der Waals surface area contributed by atoms with Crippen LogP contribution >= 0.6 is 0 Å². The van der Waals surface area contributed by atoms with Crippen molar-refractivity contribution in [3.63, 3.8) is 0 Å². The Kier molecular flexibility index (Phi) is 5.51. The number of nitrogens with zero attached hydrogens (tertiary/aromatic N) is 1. The van der Waals surface area contributed by atoms with Crippen molar-refractivity contribution in [3.8, 4) is 0 Å². The standard InChI is InChI=1S/C19H26N2/c1-5-11-21-19(17-9-7-8-14(3)15(17)4)18-10-12-20-13-16(18)6-2/h7-10,12-13,19,21H,5-6,11H2,1-4H3. The van der Waals surface area contributed by atoms with Crippen LogP contribution in [0, 0.1) is 13.8 Å². The fourth-order valence-electron chi connectivity index (χ4n) is 2.78. The van der Waals surface area contributed by atoms with E-state index in [-0.39, 0.29) is 6.04 Å². The van der Waals surface area contributed by atoms with Crippen LogP contribution in [0.4, 0.5) is 0 Å². The minimum Gasteiger partial charge on any atom is -0.306 e. The van der Waals surface area contributed by atoms with Gasteiger partial charge in [0.2, 0.25) is 0 Å². The van der Waals surface area contributed by atoms with Crippen molar-refractivity contribution in [2.24, 2.45) is 0 Å². The third kappa shape index (κ3) is 3.51. The molecular formula is C19H26N2. The molecule has 2 aromatic rings. The quantitative estimate of drug-likeness (QED) is 0.852. The summed E-state index contributed by atoms with van der Waals surface area (Å²) in [5.74, 6) is 0. The van der Waals surface area contributed by atoms with E-state index in [2.05, 4.69) is 62.3 Å². The van der Waals surface area contributed by atoms with Crippen molar-refractivity contribution in [2.45, 2.75) is 46.6 Å². The lowest BCUT2D eigenvalue weighted by Gasteiger charge is -2.24. The molecule has 1 N–H and O–H groups in total. The topological polar surface area (TPSA) is 24.9 Å². The number of hydrogen-bond acceptors (Lipinski definition) is 2. The highest BCUT2D eigenvalue weighted by molar-refractivity contribution is 5.42. The molecule has 0 fully saturated rings. The first-order chi connectivity index (χ1) is 10.2. The molecule has 1 heterocycles. The van der Waals surface area contributed by atoms with Gasteiger partial charge in [-0.25, -0.2) is 0 Å². The van der Waals surface area contributed by atoms with E-state index in [4.69, 9.17) is 0 Å². The normalized spacial score (nSPS) is 12.4. The summed E-state index contributed by atoms with van der Waals surface area (Å²) in [6.07, 6.45) is 6.05. The number of nitrogens with one attached hydrogen (secondary N) is 1. The average molecular weight is 282 g/mol. The monoisotopic (exact) mass is 282 g/mol. The highest BCUT2D eigenvalue weighted by Crippen LogP contribution is 2.28. The first kappa shape index (κ1) is 15.7. The molecule has 2 heteroatoms. The summed E-state index contributed by atoms with van der Waals surface area (Å²) in [7, 11) is 0. The van der Waals surface area contributed by atoms with Crippen LogP contribution in [0.3, 0.4) is 0 Å². The number of hydrogen-bond donors (Lipinski definition) is 1. The Morgan fingerprint density at radius 2 is 1.90 bits per heavy atom. The van der Waals surface area contributed by atoms with Crippen LogP contribution in [0.15, 0.2) is 36.7 Å². The van der Waals surface area contributed by atoms with Gasteiger partial charge in [0, 0.05) is 12.4 Å². The molecule has 0 radical (unpaired) electrons. The third-order valence-corrected chi connectivity index (χ3v) is 4.19. The summed E-state index contributed by atoms with van der Waals surface area (Å²) in [6, 6.07) is 9.00. The van der Waals surface area contributed by atoms with Gasteiger partial charge in [0.1, 0.15) is 0 Å². The van der Waals surface area contributed by atoms with Crippen LogP contribution in [-0.2, 0) is 6.42 Å². The van der Waals surface area contributed by atoms with E-state index in [1.165, 1.54) is 27.8 Å². The SMILES string of the molecule is CCCNC(c1ccncc1CC)c1cccc(C)c1C. The highest BCUT2D eigenvalue weighted by atomic mass is 14.9. The van der Waals surface area contributed by atoms with Crippen LogP contribution in [0.1, 0.15) is 54.1 Å². The first-order valence-electron chi connectivity index (χ1n) is 7.91. The van der Waals surface area contributed by atoms with Crippen LogP contribution in [0.5, 0.6) is 0 Å². The van der Waals surface area contributed by atoms with E-state index in [0.29, 0.717) is 0 Å². The fraction of sp³-hybridized carbons (Fsp3) is 0.421. The Morgan fingerprint density at radius 3 is 2.62 bits per heavy atom. The maximum absolute atomic E-state index is 4.28. The molecule has 0 spiro atoms. The summed E-state index contributed by atoms with van der Waals surface area (Å²) >= 11 is 0. The van der Waals surface area contributed by atoms with Crippen LogP contribution in [0.2, 0.25) is 0 Å². The van der Waals surface area contributed by atoms with E-state index in [1.54, 1.807) is 0 Å². The molecule has 0 amide bonds. The summed E-state index contributed by atoms with van der Waals surface area (Å²) in [5.41, 5.74) is 6.79. The van der Waals surface area contributed by atoms with Crippen molar-refractivity contribution in [1.82, 2.24) is 10.3 Å². The summed E-state index contributed by atoms with van der Waals surface area (Å²) in [5, 5.41) is 3.72. The fourth-order valence-corrected chi connectivity index (χ4v) is 2.78. The number of pyridine rings is 1. The lowest BCUT2D eigenvalue weighted by Crippen LogP contribution is -2.25. The van der Waals surface area contributed by atoms with Gasteiger partial charge in [-0.1, -0.05) is 32.0 Å². The second-order valence-electron chi connectivity index (χ2n) is 5.60. The third-order valence-electron chi connectivity index (χ3n) is 4.19. The zero-order chi connectivity index (χ0) is 15.2. The number of rotatable bonds is 6. The highest BCUT2D eigenvalue weighted by Gasteiger charge is 2.18. The second kappa shape index (κ2) is 7.37. The molecule has 112 valence electrons. The predicted octanol–water partition coefficient (Wildman–Crippen LogP) is 4.35. The molecule has 0 saturated carbocycles. The number of aromatic nitrogens is 1.